The number of hydrogen-bond acceptors (Lipinski definition) is 6. The Bertz CT molecular complexity index is 836. The molecule has 6 nitrogen and oxygen atoms in total. The van der Waals surface area contributed by atoms with Gasteiger partial charge in [0.05, 0.1) is 18.7 Å². The van der Waals surface area contributed by atoms with Crippen LogP contribution >= 0.6 is 11.6 Å². The SMILES string of the molecule is Clc1nc(N2CCOCC2)c2ncc(-c3ccncc3)cc2n1. The molecule has 4 rings (SSSR count). The predicted molar refractivity (Wildman–Crippen MR) is 88.6 cm³/mol. The Morgan fingerprint density at radius 1 is 1.04 bits per heavy atom. The lowest BCUT2D eigenvalue weighted by Gasteiger charge is -2.28. The minimum atomic E-state index is 0.229. The normalized spacial score (nSPS) is 15.1. The van der Waals surface area contributed by atoms with Gasteiger partial charge in [-0.05, 0) is 35.4 Å². The second kappa shape index (κ2) is 6.06. The molecule has 3 aromatic heterocycles. The number of rotatable bonds is 2. The Hall–Kier alpha value is -2.31. The zero-order valence-electron chi connectivity index (χ0n) is 12.3. The number of aromatic nitrogens is 4. The molecule has 0 amide bonds. The van der Waals surface area contributed by atoms with Crippen molar-refractivity contribution in [2.24, 2.45) is 0 Å². The third kappa shape index (κ3) is 2.83. The van der Waals surface area contributed by atoms with Crippen LogP contribution in [0.1, 0.15) is 0 Å². The Kier molecular flexibility index (Phi) is 3.77. The maximum absolute atomic E-state index is 6.12. The largest absolute Gasteiger partial charge is 0.378 e. The van der Waals surface area contributed by atoms with Crippen LogP contribution in [0.2, 0.25) is 5.28 Å². The Morgan fingerprint density at radius 2 is 1.83 bits per heavy atom. The summed E-state index contributed by atoms with van der Waals surface area (Å²) in [4.78, 5) is 19.5. The Morgan fingerprint density at radius 3 is 2.61 bits per heavy atom. The standard InChI is InChI=1S/C16H14ClN5O/c17-16-20-13-9-12(11-1-3-18-4-2-11)10-19-14(13)15(21-16)22-5-7-23-8-6-22/h1-4,9-10H,5-8H2. The van der Waals surface area contributed by atoms with Gasteiger partial charge in [0.1, 0.15) is 5.52 Å². The van der Waals surface area contributed by atoms with Crippen LogP contribution in [0.25, 0.3) is 22.2 Å². The third-order valence-electron chi connectivity index (χ3n) is 3.81. The summed E-state index contributed by atoms with van der Waals surface area (Å²) in [5, 5.41) is 0.229. The molecular formula is C16H14ClN5O. The van der Waals surface area contributed by atoms with Crippen LogP contribution in [0.3, 0.4) is 0 Å². The molecule has 0 radical (unpaired) electrons. The highest BCUT2D eigenvalue weighted by Gasteiger charge is 2.18. The summed E-state index contributed by atoms with van der Waals surface area (Å²) in [6.45, 7) is 2.91. The van der Waals surface area contributed by atoms with E-state index in [1.807, 2.05) is 24.4 Å². The molecule has 1 fully saturated rings. The van der Waals surface area contributed by atoms with Gasteiger partial charge in [-0.3, -0.25) is 9.97 Å². The second-order valence-corrected chi connectivity index (χ2v) is 5.58. The highest BCUT2D eigenvalue weighted by Crippen LogP contribution is 2.27. The molecule has 0 aromatic carbocycles. The molecule has 4 heterocycles. The van der Waals surface area contributed by atoms with Crippen LogP contribution in [0.5, 0.6) is 0 Å². The number of hydrogen-bond donors (Lipinski definition) is 0. The lowest BCUT2D eigenvalue weighted by Crippen LogP contribution is -2.37. The molecule has 0 N–H and O–H groups in total. The number of pyridine rings is 2. The first-order chi connectivity index (χ1) is 11.3. The van der Waals surface area contributed by atoms with Crippen molar-refractivity contribution in [2.75, 3.05) is 31.2 Å². The van der Waals surface area contributed by atoms with Gasteiger partial charge < -0.3 is 9.64 Å². The van der Waals surface area contributed by atoms with E-state index in [1.165, 1.54) is 0 Å². The fraction of sp³-hybridized carbons (Fsp3) is 0.250. The van der Waals surface area contributed by atoms with E-state index in [0.29, 0.717) is 13.2 Å². The second-order valence-electron chi connectivity index (χ2n) is 5.24. The van der Waals surface area contributed by atoms with Crippen LogP contribution < -0.4 is 4.90 Å². The van der Waals surface area contributed by atoms with Crippen molar-refractivity contribution in [3.63, 3.8) is 0 Å². The summed E-state index contributed by atoms with van der Waals surface area (Å²) in [6.07, 6.45) is 5.34. The summed E-state index contributed by atoms with van der Waals surface area (Å²) in [7, 11) is 0. The highest BCUT2D eigenvalue weighted by molar-refractivity contribution is 6.28. The number of fused-ring (bicyclic) bond motifs is 1. The molecule has 1 aliphatic rings. The molecule has 116 valence electrons. The van der Waals surface area contributed by atoms with E-state index in [2.05, 4.69) is 24.8 Å². The minimum absolute atomic E-state index is 0.229. The van der Waals surface area contributed by atoms with Crippen molar-refractivity contribution in [3.8, 4) is 11.1 Å². The molecule has 0 atom stereocenters. The van der Waals surface area contributed by atoms with E-state index in [4.69, 9.17) is 16.3 Å². The van der Waals surface area contributed by atoms with Gasteiger partial charge in [0, 0.05) is 37.2 Å². The Balaban J connectivity index is 1.83. The fourth-order valence-corrected chi connectivity index (χ4v) is 2.84. The minimum Gasteiger partial charge on any atom is -0.378 e. The van der Waals surface area contributed by atoms with Crippen LogP contribution in [-0.2, 0) is 4.74 Å². The zero-order valence-corrected chi connectivity index (χ0v) is 13.1. The zero-order chi connectivity index (χ0) is 15.6. The summed E-state index contributed by atoms with van der Waals surface area (Å²) < 4.78 is 5.40. The van der Waals surface area contributed by atoms with Crippen molar-refractivity contribution in [2.45, 2.75) is 0 Å². The van der Waals surface area contributed by atoms with Gasteiger partial charge in [-0.2, -0.15) is 4.98 Å². The smallest absolute Gasteiger partial charge is 0.225 e. The summed E-state index contributed by atoms with van der Waals surface area (Å²) in [5.41, 5.74) is 3.51. The molecule has 7 heteroatoms. The molecule has 0 spiro atoms. The average Bonchev–Trinajstić information content (AvgIpc) is 2.62. The lowest BCUT2D eigenvalue weighted by molar-refractivity contribution is 0.122. The number of ether oxygens (including phenoxy) is 1. The first-order valence-corrected chi connectivity index (χ1v) is 7.75. The summed E-state index contributed by atoms with van der Waals surface area (Å²) >= 11 is 6.12. The molecule has 23 heavy (non-hydrogen) atoms. The van der Waals surface area contributed by atoms with E-state index in [-0.39, 0.29) is 5.28 Å². The number of anilines is 1. The maximum Gasteiger partial charge on any atom is 0.225 e. The molecular weight excluding hydrogens is 314 g/mol. The molecule has 0 aliphatic carbocycles. The molecule has 1 saturated heterocycles. The van der Waals surface area contributed by atoms with Gasteiger partial charge in [0.15, 0.2) is 5.82 Å². The summed E-state index contributed by atoms with van der Waals surface area (Å²) in [5.74, 6) is 0.768. The predicted octanol–water partition coefficient (Wildman–Crippen LogP) is 2.58. The first-order valence-electron chi connectivity index (χ1n) is 7.38. The monoisotopic (exact) mass is 327 g/mol. The van der Waals surface area contributed by atoms with Crippen molar-refractivity contribution in [1.82, 2.24) is 19.9 Å². The van der Waals surface area contributed by atoms with E-state index in [9.17, 15) is 0 Å². The van der Waals surface area contributed by atoms with Gasteiger partial charge in [-0.1, -0.05) is 0 Å². The fourth-order valence-electron chi connectivity index (χ4n) is 2.67. The lowest BCUT2D eigenvalue weighted by atomic mass is 10.1. The number of nitrogens with zero attached hydrogens (tertiary/aromatic N) is 5. The van der Waals surface area contributed by atoms with E-state index in [0.717, 1.165) is 41.1 Å². The van der Waals surface area contributed by atoms with E-state index >= 15 is 0 Å². The molecule has 0 unspecified atom stereocenters. The number of halogens is 1. The van der Waals surface area contributed by atoms with Crippen LogP contribution in [0.4, 0.5) is 5.82 Å². The van der Waals surface area contributed by atoms with Crippen LogP contribution in [0, 0.1) is 0 Å². The number of morpholine rings is 1. The topological polar surface area (TPSA) is 64.0 Å². The van der Waals surface area contributed by atoms with Crippen LogP contribution in [-0.4, -0.2) is 46.2 Å². The molecule has 0 bridgehead atoms. The van der Waals surface area contributed by atoms with Gasteiger partial charge in [0.2, 0.25) is 5.28 Å². The quantitative estimate of drug-likeness (QED) is 0.674. The van der Waals surface area contributed by atoms with Gasteiger partial charge in [-0.15, -0.1) is 0 Å². The first kappa shape index (κ1) is 14.3. The Labute approximate surface area is 138 Å². The van der Waals surface area contributed by atoms with Crippen molar-refractivity contribution >= 4 is 28.5 Å². The van der Waals surface area contributed by atoms with E-state index in [1.54, 1.807) is 12.4 Å². The molecule has 0 saturated carbocycles. The molecule has 3 aromatic rings. The summed E-state index contributed by atoms with van der Waals surface area (Å²) in [6, 6.07) is 5.86. The maximum atomic E-state index is 6.12. The third-order valence-corrected chi connectivity index (χ3v) is 3.98. The van der Waals surface area contributed by atoms with Gasteiger partial charge in [-0.25, -0.2) is 4.98 Å². The highest BCUT2D eigenvalue weighted by atomic mass is 35.5. The van der Waals surface area contributed by atoms with Gasteiger partial charge in [0.25, 0.3) is 0 Å². The average molecular weight is 328 g/mol. The molecule has 1 aliphatic heterocycles. The van der Waals surface area contributed by atoms with Crippen molar-refractivity contribution < 1.29 is 4.74 Å². The van der Waals surface area contributed by atoms with Crippen molar-refractivity contribution in [3.05, 3.63) is 42.1 Å². The van der Waals surface area contributed by atoms with Gasteiger partial charge >= 0.3 is 0 Å². The van der Waals surface area contributed by atoms with Crippen LogP contribution in [0.15, 0.2) is 36.8 Å². The van der Waals surface area contributed by atoms with Crippen molar-refractivity contribution in [1.29, 1.82) is 0 Å². The van der Waals surface area contributed by atoms with E-state index < -0.39 is 0 Å².